The molecule has 3 nitrogen and oxygen atoms in total. The van der Waals surface area contributed by atoms with Crippen LogP contribution in [-0.4, -0.2) is 10.8 Å². The standard InChI is InChI=1S/C22H25NO2/c1-14(2)17-11-8-16(9-12-17)10-13-20(24)21-19-7-5-4-6-18(19)15(3)23-22(21)25/h8-14H,4-7H2,1-3H3,(H,23,25)/b13-10+. The van der Waals surface area contributed by atoms with Crippen LogP contribution in [0.1, 0.15) is 70.9 Å². The Morgan fingerprint density at radius 1 is 1.08 bits per heavy atom. The number of nitrogens with one attached hydrogen (secondary N) is 1. The van der Waals surface area contributed by atoms with Gasteiger partial charge in [0.25, 0.3) is 5.56 Å². The van der Waals surface area contributed by atoms with Gasteiger partial charge in [0.2, 0.25) is 0 Å². The summed E-state index contributed by atoms with van der Waals surface area (Å²) < 4.78 is 0. The number of carbonyl (C=O) groups excluding carboxylic acids is 1. The molecule has 1 heterocycles. The third-order valence-electron chi connectivity index (χ3n) is 5.03. The van der Waals surface area contributed by atoms with Gasteiger partial charge in [-0.3, -0.25) is 9.59 Å². The maximum atomic E-state index is 12.7. The Morgan fingerprint density at radius 3 is 2.36 bits per heavy atom. The zero-order valence-electron chi connectivity index (χ0n) is 15.2. The first-order valence-electron chi connectivity index (χ1n) is 9.04. The number of aromatic amines is 1. The quantitative estimate of drug-likeness (QED) is 0.656. The number of aromatic nitrogens is 1. The van der Waals surface area contributed by atoms with E-state index in [1.54, 1.807) is 6.08 Å². The van der Waals surface area contributed by atoms with Crippen LogP contribution in [-0.2, 0) is 12.8 Å². The highest BCUT2D eigenvalue weighted by molar-refractivity contribution is 6.07. The van der Waals surface area contributed by atoms with Crippen LogP contribution < -0.4 is 5.56 Å². The maximum absolute atomic E-state index is 12.7. The molecule has 0 bridgehead atoms. The number of H-pyrrole nitrogens is 1. The fourth-order valence-corrected chi connectivity index (χ4v) is 3.55. The van der Waals surface area contributed by atoms with Crippen molar-refractivity contribution in [2.75, 3.05) is 0 Å². The van der Waals surface area contributed by atoms with E-state index in [9.17, 15) is 9.59 Å². The number of carbonyl (C=O) groups is 1. The molecule has 0 unspecified atom stereocenters. The van der Waals surface area contributed by atoms with Gasteiger partial charge in [-0.2, -0.15) is 0 Å². The van der Waals surface area contributed by atoms with Crippen molar-refractivity contribution < 1.29 is 4.79 Å². The van der Waals surface area contributed by atoms with Gasteiger partial charge in [-0.05, 0) is 66.9 Å². The van der Waals surface area contributed by atoms with E-state index in [-0.39, 0.29) is 11.3 Å². The van der Waals surface area contributed by atoms with Crippen LogP contribution in [0.3, 0.4) is 0 Å². The lowest BCUT2D eigenvalue weighted by molar-refractivity contribution is 0.104. The number of pyridine rings is 1. The molecule has 0 atom stereocenters. The summed E-state index contributed by atoms with van der Waals surface area (Å²) in [6, 6.07) is 8.17. The molecule has 1 aliphatic rings. The van der Waals surface area contributed by atoms with Crippen molar-refractivity contribution in [2.24, 2.45) is 0 Å². The summed E-state index contributed by atoms with van der Waals surface area (Å²) >= 11 is 0. The van der Waals surface area contributed by atoms with Crippen molar-refractivity contribution >= 4 is 11.9 Å². The van der Waals surface area contributed by atoms with Gasteiger partial charge in [0.05, 0.1) is 5.56 Å². The Balaban J connectivity index is 1.90. The maximum Gasteiger partial charge on any atom is 0.259 e. The third-order valence-corrected chi connectivity index (χ3v) is 5.03. The van der Waals surface area contributed by atoms with E-state index in [0.29, 0.717) is 11.5 Å². The SMILES string of the molecule is Cc1[nH]c(=O)c(C(=O)/C=C/c2ccc(C(C)C)cc2)c2c1CCCC2. The van der Waals surface area contributed by atoms with E-state index in [1.807, 2.05) is 19.1 Å². The Kier molecular flexibility index (Phi) is 5.03. The second-order valence-corrected chi connectivity index (χ2v) is 7.14. The number of allylic oxidation sites excluding steroid dienone is 1. The van der Waals surface area contributed by atoms with Crippen LogP contribution in [0.15, 0.2) is 35.1 Å². The molecule has 0 saturated heterocycles. The number of hydrogen-bond donors (Lipinski definition) is 1. The molecule has 0 aliphatic heterocycles. The van der Waals surface area contributed by atoms with E-state index in [0.717, 1.165) is 48.1 Å². The molecule has 0 fully saturated rings. The second-order valence-electron chi connectivity index (χ2n) is 7.14. The van der Waals surface area contributed by atoms with Crippen molar-refractivity contribution in [2.45, 2.75) is 52.4 Å². The van der Waals surface area contributed by atoms with Gasteiger partial charge in [-0.15, -0.1) is 0 Å². The lowest BCUT2D eigenvalue weighted by Crippen LogP contribution is -2.24. The van der Waals surface area contributed by atoms with Crippen molar-refractivity contribution in [1.29, 1.82) is 0 Å². The number of ketones is 1. The number of fused-ring (bicyclic) bond motifs is 1. The molecule has 3 heteroatoms. The van der Waals surface area contributed by atoms with Gasteiger partial charge >= 0.3 is 0 Å². The minimum atomic E-state index is -0.261. The van der Waals surface area contributed by atoms with Crippen LogP contribution in [0.25, 0.3) is 6.08 Å². The summed E-state index contributed by atoms with van der Waals surface area (Å²) in [6.07, 6.45) is 7.24. The van der Waals surface area contributed by atoms with Crippen molar-refractivity contribution in [3.63, 3.8) is 0 Å². The van der Waals surface area contributed by atoms with Crippen LogP contribution >= 0.6 is 0 Å². The van der Waals surface area contributed by atoms with E-state index in [2.05, 4.69) is 31.0 Å². The predicted octanol–water partition coefficient (Wildman–Crippen LogP) is 4.58. The van der Waals surface area contributed by atoms with Crippen LogP contribution in [0, 0.1) is 6.92 Å². The first kappa shape index (κ1) is 17.4. The molecule has 0 amide bonds. The minimum Gasteiger partial charge on any atom is -0.326 e. The molecule has 3 rings (SSSR count). The third kappa shape index (κ3) is 3.65. The Labute approximate surface area is 148 Å². The molecular weight excluding hydrogens is 310 g/mol. The molecule has 25 heavy (non-hydrogen) atoms. The Morgan fingerprint density at radius 2 is 1.72 bits per heavy atom. The molecule has 0 radical (unpaired) electrons. The molecular formula is C22H25NO2. The van der Waals surface area contributed by atoms with Gasteiger partial charge < -0.3 is 4.98 Å². The summed E-state index contributed by atoms with van der Waals surface area (Å²) in [5.74, 6) is 0.282. The zero-order chi connectivity index (χ0) is 18.0. The minimum absolute atomic E-state index is 0.202. The molecule has 1 aliphatic carbocycles. The van der Waals surface area contributed by atoms with Crippen LogP contribution in [0.4, 0.5) is 0 Å². The van der Waals surface area contributed by atoms with E-state index in [1.165, 1.54) is 11.6 Å². The van der Waals surface area contributed by atoms with Gasteiger partial charge in [0.1, 0.15) is 0 Å². The summed E-state index contributed by atoms with van der Waals surface area (Å²) in [4.78, 5) is 27.9. The highest BCUT2D eigenvalue weighted by Crippen LogP contribution is 2.25. The molecule has 1 aromatic heterocycles. The summed E-state index contributed by atoms with van der Waals surface area (Å²) in [6.45, 7) is 6.23. The summed E-state index contributed by atoms with van der Waals surface area (Å²) in [5, 5.41) is 0. The molecule has 130 valence electrons. The number of rotatable bonds is 4. The average Bonchev–Trinajstić information content (AvgIpc) is 2.60. The molecule has 2 aromatic rings. The average molecular weight is 335 g/mol. The van der Waals surface area contributed by atoms with Crippen LogP contribution in [0.2, 0.25) is 0 Å². The number of benzene rings is 1. The first-order valence-corrected chi connectivity index (χ1v) is 9.04. The van der Waals surface area contributed by atoms with Gasteiger partial charge in [-0.1, -0.05) is 44.2 Å². The van der Waals surface area contributed by atoms with E-state index >= 15 is 0 Å². The Hall–Kier alpha value is -2.42. The van der Waals surface area contributed by atoms with Gasteiger partial charge in [0.15, 0.2) is 5.78 Å². The zero-order valence-corrected chi connectivity index (χ0v) is 15.2. The summed E-state index contributed by atoms with van der Waals surface area (Å²) in [5.41, 5.74) is 5.33. The second kappa shape index (κ2) is 7.22. The highest BCUT2D eigenvalue weighted by Gasteiger charge is 2.21. The lowest BCUT2D eigenvalue weighted by atomic mass is 9.87. The predicted molar refractivity (Wildman–Crippen MR) is 102 cm³/mol. The monoisotopic (exact) mass is 335 g/mol. The number of aryl methyl sites for hydroxylation is 1. The fraction of sp³-hybridized carbons (Fsp3) is 0.364. The first-order chi connectivity index (χ1) is 12.0. The van der Waals surface area contributed by atoms with Crippen molar-refractivity contribution in [3.8, 4) is 0 Å². The number of hydrogen-bond acceptors (Lipinski definition) is 2. The topological polar surface area (TPSA) is 49.9 Å². The van der Waals surface area contributed by atoms with Crippen molar-refractivity contribution in [3.05, 3.63) is 74.2 Å². The smallest absolute Gasteiger partial charge is 0.259 e. The lowest BCUT2D eigenvalue weighted by Gasteiger charge is -2.19. The fourth-order valence-electron chi connectivity index (χ4n) is 3.55. The normalized spacial score (nSPS) is 14.1. The molecule has 0 spiro atoms. The van der Waals surface area contributed by atoms with Gasteiger partial charge in [0, 0.05) is 5.69 Å². The van der Waals surface area contributed by atoms with E-state index < -0.39 is 0 Å². The largest absolute Gasteiger partial charge is 0.326 e. The Bertz CT molecular complexity index is 870. The highest BCUT2D eigenvalue weighted by atomic mass is 16.1. The summed E-state index contributed by atoms with van der Waals surface area (Å²) in [7, 11) is 0. The molecule has 1 N–H and O–H groups in total. The molecule has 1 aromatic carbocycles. The van der Waals surface area contributed by atoms with Crippen LogP contribution in [0.5, 0.6) is 0 Å². The molecule has 0 saturated carbocycles. The van der Waals surface area contributed by atoms with E-state index in [4.69, 9.17) is 0 Å². The van der Waals surface area contributed by atoms with Crippen molar-refractivity contribution in [1.82, 2.24) is 4.98 Å². The van der Waals surface area contributed by atoms with Gasteiger partial charge in [-0.25, -0.2) is 0 Å².